The molecule has 1 amide bonds. The van der Waals surface area contributed by atoms with E-state index < -0.39 is 23.5 Å². The van der Waals surface area contributed by atoms with Crippen LogP contribution in [0.5, 0.6) is 0 Å². The predicted octanol–water partition coefficient (Wildman–Crippen LogP) is 2.70. The largest absolute Gasteiger partial charge is 0.419 e. The minimum atomic E-state index is -4.82. The van der Waals surface area contributed by atoms with Gasteiger partial charge in [0.05, 0.1) is 5.56 Å². The molecule has 3 N–H and O–H groups in total. The molecule has 1 aliphatic carbocycles. The molecule has 0 radical (unpaired) electrons. The Morgan fingerprint density at radius 3 is 2.62 bits per heavy atom. The van der Waals surface area contributed by atoms with Crippen LogP contribution in [0, 0.1) is 11.7 Å². The maximum Gasteiger partial charge on any atom is 0.419 e. The van der Waals surface area contributed by atoms with Gasteiger partial charge in [0.1, 0.15) is 5.82 Å². The van der Waals surface area contributed by atoms with Crippen molar-refractivity contribution in [1.29, 1.82) is 0 Å². The summed E-state index contributed by atoms with van der Waals surface area (Å²) in [5.41, 5.74) is 4.11. The lowest BCUT2D eigenvalue weighted by atomic mass is 10.1. The van der Waals surface area contributed by atoms with E-state index in [0.29, 0.717) is 18.7 Å². The molecule has 1 saturated carbocycles. The van der Waals surface area contributed by atoms with Gasteiger partial charge < -0.3 is 11.1 Å². The van der Waals surface area contributed by atoms with Crippen molar-refractivity contribution in [1.82, 2.24) is 5.32 Å². The molecule has 7 heteroatoms. The highest BCUT2D eigenvalue weighted by atomic mass is 19.4. The smallest absolute Gasteiger partial charge is 0.352 e. The molecule has 1 aromatic carbocycles. The number of alkyl halides is 3. The quantitative estimate of drug-likeness (QED) is 0.844. The van der Waals surface area contributed by atoms with Crippen LogP contribution in [0.2, 0.25) is 0 Å². The number of benzene rings is 1. The van der Waals surface area contributed by atoms with Crippen LogP contribution in [-0.4, -0.2) is 18.5 Å². The van der Waals surface area contributed by atoms with Crippen LogP contribution in [0.1, 0.15) is 35.2 Å². The Hall–Kier alpha value is -1.63. The lowest BCUT2D eigenvalue weighted by molar-refractivity contribution is -0.140. The zero-order valence-electron chi connectivity index (χ0n) is 11.2. The van der Waals surface area contributed by atoms with E-state index in [1.54, 1.807) is 0 Å². The van der Waals surface area contributed by atoms with Gasteiger partial charge in [0, 0.05) is 18.2 Å². The van der Waals surface area contributed by atoms with E-state index in [1.165, 1.54) is 0 Å². The van der Waals surface area contributed by atoms with E-state index in [9.17, 15) is 22.4 Å². The van der Waals surface area contributed by atoms with Crippen LogP contribution in [0.4, 0.5) is 17.6 Å². The third-order valence-corrected chi connectivity index (χ3v) is 3.67. The summed E-state index contributed by atoms with van der Waals surface area (Å²) in [6.07, 6.45) is -2.26. The van der Waals surface area contributed by atoms with E-state index in [2.05, 4.69) is 5.32 Å². The van der Waals surface area contributed by atoms with Crippen molar-refractivity contribution in [3.63, 3.8) is 0 Å². The van der Waals surface area contributed by atoms with Crippen LogP contribution in [0.3, 0.4) is 0 Å². The van der Waals surface area contributed by atoms with Gasteiger partial charge in [-0.05, 0) is 43.4 Å². The Kier molecular flexibility index (Phi) is 4.51. The van der Waals surface area contributed by atoms with Crippen LogP contribution in [0.25, 0.3) is 0 Å². The first-order valence-corrected chi connectivity index (χ1v) is 6.68. The highest BCUT2D eigenvalue weighted by Crippen LogP contribution is 2.32. The number of hydrogen-bond donors (Lipinski definition) is 2. The van der Waals surface area contributed by atoms with Gasteiger partial charge >= 0.3 is 6.18 Å². The van der Waals surface area contributed by atoms with Gasteiger partial charge in [0.25, 0.3) is 5.91 Å². The van der Waals surface area contributed by atoms with Gasteiger partial charge in [-0.1, -0.05) is 0 Å². The number of rotatable bonds is 3. The lowest BCUT2D eigenvalue weighted by Gasteiger charge is -2.13. The van der Waals surface area contributed by atoms with Crippen molar-refractivity contribution in [3.05, 3.63) is 35.1 Å². The Morgan fingerprint density at radius 1 is 1.33 bits per heavy atom. The fourth-order valence-corrected chi connectivity index (χ4v) is 2.52. The van der Waals surface area contributed by atoms with E-state index in [-0.39, 0.29) is 17.5 Å². The number of amides is 1. The zero-order chi connectivity index (χ0) is 15.6. The molecular formula is C14H16F4N2O. The second-order valence-electron chi connectivity index (χ2n) is 5.34. The van der Waals surface area contributed by atoms with Crippen LogP contribution in [0.15, 0.2) is 18.2 Å². The number of hydrogen-bond acceptors (Lipinski definition) is 2. The van der Waals surface area contributed by atoms with Crippen molar-refractivity contribution >= 4 is 5.91 Å². The van der Waals surface area contributed by atoms with E-state index >= 15 is 0 Å². The fourth-order valence-electron chi connectivity index (χ4n) is 2.52. The molecule has 2 atom stereocenters. The number of nitrogens with one attached hydrogen (secondary N) is 1. The highest BCUT2D eigenvalue weighted by Gasteiger charge is 2.34. The van der Waals surface area contributed by atoms with Crippen molar-refractivity contribution in [2.24, 2.45) is 11.7 Å². The van der Waals surface area contributed by atoms with Crippen molar-refractivity contribution < 1.29 is 22.4 Å². The van der Waals surface area contributed by atoms with Gasteiger partial charge in [0.2, 0.25) is 0 Å². The number of carbonyl (C=O) groups excluding carboxylic acids is 1. The summed E-state index contributed by atoms with van der Waals surface area (Å²) in [6.45, 7) is 0.366. The lowest BCUT2D eigenvalue weighted by Crippen LogP contribution is -2.29. The molecule has 0 heterocycles. The molecule has 0 saturated heterocycles. The molecule has 2 unspecified atom stereocenters. The van der Waals surface area contributed by atoms with Crippen molar-refractivity contribution in [3.8, 4) is 0 Å². The Balaban J connectivity index is 2.02. The number of halogens is 4. The summed E-state index contributed by atoms with van der Waals surface area (Å²) in [6, 6.07) is 2.35. The minimum Gasteiger partial charge on any atom is -0.352 e. The minimum absolute atomic E-state index is 0.120. The normalized spacial score (nSPS) is 22.3. The van der Waals surface area contributed by atoms with Crippen LogP contribution < -0.4 is 11.1 Å². The molecule has 21 heavy (non-hydrogen) atoms. The van der Waals surface area contributed by atoms with Gasteiger partial charge in [-0.2, -0.15) is 13.2 Å². The summed E-state index contributed by atoms with van der Waals surface area (Å²) in [4.78, 5) is 11.8. The third-order valence-electron chi connectivity index (χ3n) is 3.67. The van der Waals surface area contributed by atoms with E-state index in [4.69, 9.17) is 5.73 Å². The van der Waals surface area contributed by atoms with Gasteiger partial charge in [0.15, 0.2) is 0 Å². The Labute approximate surface area is 119 Å². The van der Waals surface area contributed by atoms with Crippen LogP contribution >= 0.6 is 0 Å². The molecule has 0 spiro atoms. The first-order chi connectivity index (χ1) is 9.77. The first kappa shape index (κ1) is 15.8. The van der Waals surface area contributed by atoms with Gasteiger partial charge in [-0.15, -0.1) is 0 Å². The molecule has 116 valence electrons. The molecule has 0 aromatic heterocycles. The summed E-state index contributed by atoms with van der Waals surface area (Å²) in [7, 11) is 0. The second-order valence-corrected chi connectivity index (χ2v) is 5.34. The standard InChI is InChI=1S/C14H16F4N2O/c15-12-4-2-9(6-11(12)14(16,17)18)13(21)20-7-8-1-3-10(19)5-8/h2,4,6,8,10H,1,3,5,7,19H2,(H,20,21). The number of nitrogens with two attached hydrogens (primary N) is 1. The van der Waals surface area contributed by atoms with Crippen molar-refractivity contribution in [2.45, 2.75) is 31.5 Å². The monoisotopic (exact) mass is 304 g/mol. The van der Waals surface area contributed by atoms with Gasteiger partial charge in [-0.25, -0.2) is 4.39 Å². The molecule has 1 aliphatic rings. The summed E-state index contributed by atoms with van der Waals surface area (Å²) in [5.74, 6) is -1.78. The van der Waals surface area contributed by atoms with E-state index in [0.717, 1.165) is 25.3 Å². The molecule has 2 rings (SSSR count). The SMILES string of the molecule is NC1CCC(CNC(=O)c2ccc(F)c(C(F)(F)F)c2)C1. The predicted molar refractivity (Wildman–Crippen MR) is 69.1 cm³/mol. The van der Waals surface area contributed by atoms with Gasteiger partial charge in [-0.3, -0.25) is 4.79 Å². The summed E-state index contributed by atoms with van der Waals surface area (Å²) in [5, 5.41) is 2.58. The molecule has 0 aliphatic heterocycles. The van der Waals surface area contributed by atoms with Crippen molar-refractivity contribution in [2.75, 3.05) is 6.54 Å². The summed E-state index contributed by atoms with van der Waals surface area (Å²) < 4.78 is 50.9. The summed E-state index contributed by atoms with van der Waals surface area (Å²) >= 11 is 0. The highest BCUT2D eigenvalue weighted by molar-refractivity contribution is 5.94. The number of carbonyl (C=O) groups is 1. The average molecular weight is 304 g/mol. The third kappa shape index (κ3) is 3.93. The molecule has 1 fully saturated rings. The zero-order valence-corrected chi connectivity index (χ0v) is 11.2. The maximum absolute atomic E-state index is 13.1. The fraction of sp³-hybridized carbons (Fsp3) is 0.500. The first-order valence-electron chi connectivity index (χ1n) is 6.68. The molecule has 3 nitrogen and oxygen atoms in total. The maximum atomic E-state index is 13.1. The molecule has 0 bridgehead atoms. The molecular weight excluding hydrogens is 288 g/mol. The molecule has 1 aromatic rings. The van der Waals surface area contributed by atoms with E-state index in [1.807, 2.05) is 0 Å². The Morgan fingerprint density at radius 2 is 2.05 bits per heavy atom. The Bertz CT molecular complexity index is 530. The average Bonchev–Trinajstić information content (AvgIpc) is 2.81. The van der Waals surface area contributed by atoms with Crippen LogP contribution in [-0.2, 0) is 6.18 Å². The second kappa shape index (κ2) is 6.01. The topological polar surface area (TPSA) is 55.1 Å².